The van der Waals surface area contributed by atoms with Gasteiger partial charge < -0.3 is 14.7 Å². The summed E-state index contributed by atoms with van der Waals surface area (Å²) < 4.78 is 23.3. The molecule has 0 aliphatic rings. The third kappa shape index (κ3) is 5.72. The van der Waals surface area contributed by atoms with Crippen molar-refractivity contribution >= 4 is 11.7 Å². The van der Waals surface area contributed by atoms with Gasteiger partial charge in [0, 0.05) is 6.42 Å². The van der Waals surface area contributed by atoms with E-state index in [-0.39, 0.29) is 24.6 Å². The van der Waals surface area contributed by atoms with Gasteiger partial charge in [0.05, 0.1) is 6.61 Å². The minimum Gasteiger partial charge on any atom is -0.494 e. The minimum absolute atomic E-state index is 0.0614. The lowest BCUT2D eigenvalue weighted by Crippen LogP contribution is -2.18. The molecule has 0 aliphatic heterocycles. The summed E-state index contributed by atoms with van der Waals surface area (Å²) in [6, 6.07) is 14.9. The summed E-state index contributed by atoms with van der Waals surface area (Å²) >= 11 is 0. The Morgan fingerprint density at radius 3 is 2.46 bits per heavy atom. The van der Waals surface area contributed by atoms with Gasteiger partial charge in [-0.15, -0.1) is 0 Å². The highest BCUT2D eigenvalue weighted by Gasteiger charge is 2.14. The first-order chi connectivity index (χ1) is 11.7. The quantitative estimate of drug-likeness (QED) is 0.264. The number of carbonyl (C=O) groups is 1. The first-order valence-electron chi connectivity index (χ1n) is 7.49. The van der Waals surface area contributed by atoms with Crippen molar-refractivity contribution in [2.24, 2.45) is 5.16 Å². The monoisotopic (exact) mass is 331 g/mol. The van der Waals surface area contributed by atoms with Crippen molar-refractivity contribution in [3.8, 4) is 5.75 Å². The molecule has 0 radical (unpaired) electrons. The molecular weight excluding hydrogens is 313 g/mol. The Morgan fingerprint density at radius 2 is 1.79 bits per heavy atom. The fourth-order valence-electron chi connectivity index (χ4n) is 1.96. The maximum atomic E-state index is 12.8. The molecule has 0 bridgehead atoms. The molecule has 0 aromatic heterocycles. The summed E-state index contributed by atoms with van der Waals surface area (Å²) in [6.45, 7) is 0.418. The average Bonchev–Trinajstić information content (AvgIpc) is 2.62. The number of hydrogen-bond acceptors (Lipinski definition) is 5. The predicted molar refractivity (Wildman–Crippen MR) is 86.6 cm³/mol. The molecule has 5 nitrogen and oxygen atoms in total. The maximum absolute atomic E-state index is 12.8. The lowest BCUT2D eigenvalue weighted by molar-refractivity contribution is -0.137. The average molecular weight is 331 g/mol. The largest absolute Gasteiger partial charge is 0.494 e. The van der Waals surface area contributed by atoms with Crippen molar-refractivity contribution in [3.05, 3.63) is 66.0 Å². The van der Waals surface area contributed by atoms with Crippen LogP contribution >= 0.6 is 0 Å². The Balaban J connectivity index is 1.71. The molecule has 0 spiro atoms. The predicted octanol–water partition coefficient (Wildman–Crippen LogP) is 3.56. The number of esters is 1. The topological polar surface area (TPSA) is 68.1 Å². The van der Waals surface area contributed by atoms with E-state index in [0.717, 1.165) is 5.56 Å². The highest BCUT2D eigenvalue weighted by molar-refractivity contribution is 6.36. The van der Waals surface area contributed by atoms with Crippen LogP contribution in [0.1, 0.15) is 18.4 Å². The fourth-order valence-corrected chi connectivity index (χ4v) is 1.96. The molecule has 0 unspecified atom stereocenters. The second-order valence-corrected chi connectivity index (χ2v) is 5.01. The SMILES string of the molecule is O=C(OCc1ccccc1)/C(CCCOc1ccc(F)cc1)=N\O. The zero-order valence-electron chi connectivity index (χ0n) is 13.0. The van der Waals surface area contributed by atoms with Gasteiger partial charge in [0.25, 0.3) is 0 Å². The fraction of sp³-hybridized carbons (Fsp3) is 0.222. The van der Waals surface area contributed by atoms with E-state index in [1.807, 2.05) is 30.3 Å². The van der Waals surface area contributed by atoms with Gasteiger partial charge in [-0.05, 0) is 36.2 Å². The van der Waals surface area contributed by atoms with Gasteiger partial charge in [-0.2, -0.15) is 0 Å². The molecule has 2 aromatic rings. The molecule has 0 saturated carbocycles. The second kappa shape index (κ2) is 9.29. The van der Waals surface area contributed by atoms with Crippen LogP contribution < -0.4 is 4.74 Å². The number of oxime groups is 1. The summed E-state index contributed by atoms with van der Waals surface area (Å²) in [4.78, 5) is 11.9. The standard InChI is InChI=1S/C18H18FNO4/c19-15-8-10-16(11-9-15)23-12-4-7-17(20-22)18(21)24-13-14-5-2-1-3-6-14/h1-3,5-6,8-11,22H,4,7,12-13H2/b20-17-. The molecule has 0 atom stereocenters. The molecule has 0 amide bonds. The second-order valence-electron chi connectivity index (χ2n) is 5.01. The van der Waals surface area contributed by atoms with E-state index in [2.05, 4.69) is 5.16 Å². The van der Waals surface area contributed by atoms with E-state index in [1.165, 1.54) is 24.3 Å². The van der Waals surface area contributed by atoms with Gasteiger partial charge in [-0.3, -0.25) is 0 Å². The zero-order chi connectivity index (χ0) is 17.2. The summed E-state index contributed by atoms with van der Waals surface area (Å²) in [6.07, 6.45) is 0.669. The van der Waals surface area contributed by atoms with Gasteiger partial charge >= 0.3 is 5.97 Å². The van der Waals surface area contributed by atoms with Crippen molar-refractivity contribution in [3.63, 3.8) is 0 Å². The molecule has 0 saturated heterocycles. The zero-order valence-corrected chi connectivity index (χ0v) is 13.0. The lowest BCUT2D eigenvalue weighted by atomic mass is 10.2. The van der Waals surface area contributed by atoms with E-state index in [9.17, 15) is 9.18 Å². The van der Waals surface area contributed by atoms with Crippen molar-refractivity contribution in [2.45, 2.75) is 19.4 Å². The maximum Gasteiger partial charge on any atom is 0.356 e. The number of rotatable bonds is 8. The molecule has 0 heterocycles. The third-order valence-electron chi connectivity index (χ3n) is 3.21. The summed E-state index contributed by atoms with van der Waals surface area (Å²) in [5.41, 5.74) is 0.788. The Morgan fingerprint density at radius 1 is 1.08 bits per heavy atom. The number of ether oxygens (including phenoxy) is 2. The van der Waals surface area contributed by atoms with Crippen molar-refractivity contribution in [1.29, 1.82) is 0 Å². The van der Waals surface area contributed by atoms with Crippen LogP contribution in [0, 0.1) is 5.82 Å². The summed E-state index contributed by atoms with van der Waals surface area (Å²) in [5, 5.41) is 11.9. The van der Waals surface area contributed by atoms with Gasteiger partial charge in [0.15, 0.2) is 5.71 Å². The van der Waals surface area contributed by atoms with Crippen LogP contribution in [0.2, 0.25) is 0 Å². The van der Waals surface area contributed by atoms with E-state index in [0.29, 0.717) is 18.8 Å². The molecular formula is C18H18FNO4. The van der Waals surface area contributed by atoms with Gasteiger partial charge in [-0.25, -0.2) is 9.18 Å². The number of benzene rings is 2. The Kier molecular flexibility index (Phi) is 6.76. The molecule has 24 heavy (non-hydrogen) atoms. The summed E-state index contributed by atoms with van der Waals surface area (Å²) in [7, 11) is 0. The Bertz CT molecular complexity index is 671. The van der Waals surface area contributed by atoms with Crippen LogP contribution in [0.3, 0.4) is 0 Å². The number of nitrogens with zero attached hydrogens (tertiary/aromatic N) is 1. The van der Waals surface area contributed by atoms with E-state index in [1.54, 1.807) is 0 Å². The first-order valence-corrected chi connectivity index (χ1v) is 7.49. The number of halogens is 1. The molecule has 2 aromatic carbocycles. The van der Waals surface area contributed by atoms with Gasteiger partial charge in [0.2, 0.25) is 0 Å². The number of hydrogen-bond donors (Lipinski definition) is 1. The van der Waals surface area contributed by atoms with Crippen LogP contribution in [0.15, 0.2) is 59.8 Å². The Hall–Kier alpha value is -2.89. The van der Waals surface area contributed by atoms with Crippen LogP contribution in [-0.4, -0.2) is 23.5 Å². The molecule has 6 heteroatoms. The number of carbonyl (C=O) groups excluding carboxylic acids is 1. The minimum atomic E-state index is -0.664. The molecule has 0 aliphatic carbocycles. The van der Waals surface area contributed by atoms with Gasteiger partial charge in [0.1, 0.15) is 18.2 Å². The van der Waals surface area contributed by atoms with Gasteiger partial charge in [-0.1, -0.05) is 35.5 Å². The molecule has 126 valence electrons. The van der Waals surface area contributed by atoms with Crippen molar-refractivity contribution in [1.82, 2.24) is 0 Å². The van der Waals surface area contributed by atoms with E-state index >= 15 is 0 Å². The van der Waals surface area contributed by atoms with Crippen LogP contribution in [-0.2, 0) is 16.1 Å². The van der Waals surface area contributed by atoms with Crippen LogP contribution in [0.5, 0.6) is 5.75 Å². The smallest absolute Gasteiger partial charge is 0.356 e. The lowest BCUT2D eigenvalue weighted by Gasteiger charge is -2.08. The third-order valence-corrected chi connectivity index (χ3v) is 3.21. The molecule has 0 fully saturated rings. The van der Waals surface area contributed by atoms with E-state index < -0.39 is 5.97 Å². The Labute approximate surface area is 139 Å². The van der Waals surface area contributed by atoms with Crippen molar-refractivity contribution in [2.75, 3.05) is 6.61 Å². The highest BCUT2D eigenvalue weighted by Crippen LogP contribution is 2.11. The molecule has 2 rings (SSSR count). The summed E-state index contributed by atoms with van der Waals surface area (Å²) in [5.74, 6) is -0.466. The molecule has 1 N–H and O–H groups in total. The van der Waals surface area contributed by atoms with E-state index in [4.69, 9.17) is 14.7 Å². The normalized spacial score (nSPS) is 11.1. The first kappa shape index (κ1) is 17.5. The van der Waals surface area contributed by atoms with Crippen LogP contribution in [0.25, 0.3) is 0 Å². The van der Waals surface area contributed by atoms with Crippen molar-refractivity contribution < 1.29 is 23.9 Å². The van der Waals surface area contributed by atoms with Crippen LogP contribution in [0.4, 0.5) is 4.39 Å². The highest BCUT2D eigenvalue weighted by atomic mass is 19.1.